The zero-order valence-electron chi connectivity index (χ0n) is 16.9. The van der Waals surface area contributed by atoms with Crippen molar-refractivity contribution in [2.45, 2.75) is 19.3 Å². The summed E-state index contributed by atoms with van der Waals surface area (Å²) in [7, 11) is 0. The second kappa shape index (κ2) is 6.92. The van der Waals surface area contributed by atoms with Gasteiger partial charge in [0.1, 0.15) is 11.3 Å². The molecule has 1 aromatic heterocycles. The molecule has 0 spiro atoms. The second-order valence-corrected chi connectivity index (χ2v) is 8.38. The van der Waals surface area contributed by atoms with Gasteiger partial charge in [-0.05, 0) is 48.1 Å². The number of carbonyl (C=O) groups excluding carboxylic acids is 2. The number of hydrogen-bond acceptors (Lipinski definition) is 5. The van der Waals surface area contributed by atoms with E-state index in [4.69, 9.17) is 16.6 Å². The molecule has 2 aliphatic heterocycles. The summed E-state index contributed by atoms with van der Waals surface area (Å²) in [6, 6.07) is 20.0. The van der Waals surface area contributed by atoms with Gasteiger partial charge in [-0.25, -0.2) is 0 Å². The molecule has 0 bridgehead atoms. The van der Waals surface area contributed by atoms with Crippen LogP contribution in [0.1, 0.15) is 30.7 Å². The number of para-hydroxylation sites is 2. The Morgan fingerprint density at radius 3 is 2.29 bits per heavy atom. The smallest absolute Gasteiger partial charge is 0.263 e. The fraction of sp³-hybridized carbons (Fsp3) is 0.125. The van der Waals surface area contributed by atoms with Crippen LogP contribution in [-0.4, -0.2) is 16.9 Å². The van der Waals surface area contributed by atoms with Gasteiger partial charge >= 0.3 is 0 Å². The van der Waals surface area contributed by atoms with E-state index in [9.17, 15) is 9.59 Å². The molecule has 2 amide bonds. The van der Waals surface area contributed by atoms with Crippen molar-refractivity contribution in [3.8, 4) is 0 Å². The highest BCUT2D eigenvalue weighted by Crippen LogP contribution is 2.52. The minimum Gasteiger partial charge on any atom is -0.440 e. The van der Waals surface area contributed by atoms with Crippen LogP contribution < -0.4 is 15.5 Å². The molecule has 1 fully saturated rings. The van der Waals surface area contributed by atoms with E-state index in [0.717, 1.165) is 22.5 Å². The molecular formula is C24H19N3O3S. The Balaban J connectivity index is 1.69. The van der Waals surface area contributed by atoms with E-state index in [2.05, 4.69) is 41.5 Å². The average molecular weight is 430 g/mol. The van der Waals surface area contributed by atoms with Gasteiger partial charge < -0.3 is 4.42 Å². The standard InChI is InChI=1S/C24H19N3O3S/c1-24(2)17-10-6-7-11-19(17)27(14-8-4-3-5-9-14)22-18(24)13-15(30-22)12-16-20(28)25-23(31)26-21(16)29/h3-13H,1-2H3,(H2,25,26,28,29,31). The monoisotopic (exact) mass is 429 g/mol. The molecule has 3 aromatic rings. The van der Waals surface area contributed by atoms with Crippen molar-refractivity contribution >= 4 is 52.5 Å². The molecular weight excluding hydrogens is 410 g/mol. The molecule has 7 heteroatoms. The highest BCUT2D eigenvalue weighted by atomic mass is 32.1. The lowest BCUT2D eigenvalue weighted by atomic mass is 9.75. The lowest BCUT2D eigenvalue weighted by Crippen LogP contribution is -2.51. The van der Waals surface area contributed by atoms with Crippen LogP contribution >= 0.6 is 12.2 Å². The first kappa shape index (κ1) is 19.3. The summed E-state index contributed by atoms with van der Waals surface area (Å²) < 4.78 is 6.25. The molecule has 3 heterocycles. The van der Waals surface area contributed by atoms with E-state index in [-0.39, 0.29) is 16.1 Å². The zero-order chi connectivity index (χ0) is 21.8. The third-order valence-corrected chi connectivity index (χ3v) is 5.87. The third-order valence-electron chi connectivity index (χ3n) is 5.67. The van der Waals surface area contributed by atoms with E-state index in [1.54, 1.807) is 0 Å². The van der Waals surface area contributed by atoms with Crippen molar-refractivity contribution in [3.05, 3.63) is 83.1 Å². The van der Waals surface area contributed by atoms with E-state index in [1.807, 2.05) is 48.5 Å². The molecule has 0 unspecified atom stereocenters. The number of anilines is 3. The molecule has 31 heavy (non-hydrogen) atoms. The van der Waals surface area contributed by atoms with Crippen LogP contribution in [0.4, 0.5) is 17.3 Å². The normalized spacial score (nSPS) is 16.9. The number of hydrogen-bond donors (Lipinski definition) is 2. The predicted octanol–water partition coefficient (Wildman–Crippen LogP) is 4.30. The quantitative estimate of drug-likeness (QED) is 0.361. The fourth-order valence-electron chi connectivity index (χ4n) is 4.12. The van der Waals surface area contributed by atoms with Crippen LogP contribution in [0.2, 0.25) is 0 Å². The van der Waals surface area contributed by atoms with E-state index in [0.29, 0.717) is 11.6 Å². The molecule has 2 aromatic carbocycles. The number of furan rings is 1. The highest BCUT2D eigenvalue weighted by Gasteiger charge is 2.40. The molecule has 0 aliphatic carbocycles. The molecule has 2 aliphatic rings. The van der Waals surface area contributed by atoms with Crippen molar-refractivity contribution in [2.24, 2.45) is 0 Å². The second-order valence-electron chi connectivity index (χ2n) is 7.98. The average Bonchev–Trinajstić information content (AvgIpc) is 3.16. The number of carbonyl (C=O) groups is 2. The SMILES string of the molecule is CC1(C)c2ccccc2N(c2ccccc2)c2oc(C=C3C(=O)NC(=S)NC3=O)cc21. The largest absolute Gasteiger partial charge is 0.440 e. The third kappa shape index (κ3) is 3.05. The number of thiocarbonyl (C=S) groups is 1. The van der Waals surface area contributed by atoms with Crippen LogP contribution in [0.5, 0.6) is 0 Å². The maximum absolute atomic E-state index is 12.3. The first-order chi connectivity index (χ1) is 14.9. The molecule has 5 rings (SSSR count). The van der Waals surface area contributed by atoms with Gasteiger partial charge in [0.15, 0.2) is 5.11 Å². The van der Waals surface area contributed by atoms with Crippen molar-refractivity contribution in [2.75, 3.05) is 4.90 Å². The lowest BCUT2D eigenvalue weighted by Gasteiger charge is -2.38. The molecule has 0 radical (unpaired) electrons. The van der Waals surface area contributed by atoms with Gasteiger partial charge in [0.05, 0.1) is 5.69 Å². The fourth-order valence-corrected chi connectivity index (χ4v) is 4.30. The Bertz CT molecular complexity index is 1250. The van der Waals surface area contributed by atoms with Gasteiger partial charge in [-0.1, -0.05) is 50.2 Å². The summed E-state index contributed by atoms with van der Waals surface area (Å²) in [6.07, 6.45) is 1.45. The van der Waals surface area contributed by atoms with Crippen molar-refractivity contribution in [1.82, 2.24) is 10.6 Å². The summed E-state index contributed by atoms with van der Waals surface area (Å²) in [5, 5.41) is 4.89. The molecule has 0 saturated carbocycles. The van der Waals surface area contributed by atoms with Crippen LogP contribution in [0, 0.1) is 0 Å². The van der Waals surface area contributed by atoms with E-state index >= 15 is 0 Å². The Hall–Kier alpha value is -3.71. The highest BCUT2D eigenvalue weighted by molar-refractivity contribution is 7.80. The summed E-state index contributed by atoms with van der Waals surface area (Å²) in [4.78, 5) is 26.6. The molecule has 0 atom stereocenters. The minimum absolute atomic E-state index is 0.00211. The molecule has 6 nitrogen and oxygen atoms in total. The molecule has 2 N–H and O–H groups in total. The van der Waals surface area contributed by atoms with Gasteiger partial charge in [0, 0.05) is 16.7 Å². The van der Waals surface area contributed by atoms with Crippen molar-refractivity contribution in [3.63, 3.8) is 0 Å². The number of rotatable bonds is 2. The van der Waals surface area contributed by atoms with Crippen LogP contribution in [0.25, 0.3) is 6.08 Å². The van der Waals surface area contributed by atoms with Gasteiger partial charge in [0.25, 0.3) is 11.8 Å². The number of nitrogens with one attached hydrogen (secondary N) is 2. The summed E-state index contributed by atoms with van der Waals surface area (Å²) in [6.45, 7) is 4.27. The number of fused-ring (bicyclic) bond motifs is 2. The van der Waals surface area contributed by atoms with E-state index < -0.39 is 11.8 Å². The van der Waals surface area contributed by atoms with Crippen LogP contribution in [0.15, 0.2) is 70.7 Å². The van der Waals surface area contributed by atoms with E-state index in [1.165, 1.54) is 6.08 Å². The zero-order valence-corrected chi connectivity index (χ0v) is 17.7. The number of amides is 2. The Kier molecular flexibility index (Phi) is 4.30. The van der Waals surface area contributed by atoms with Crippen molar-refractivity contribution in [1.29, 1.82) is 0 Å². The first-order valence-electron chi connectivity index (χ1n) is 9.83. The topological polar surface area (TPSA) is 74.6 Å². The van der Waals surface area contributed by atoms with Crippen molar-refractivity contribution < 1.29 is 14.0 Å². The minimum atomic E-state index is -0.550. The Morgan fingerprint density at radius 2 is 1.58 bits per heavy atom. The summed E-state index contributed by atoms with van der Waals surface area (Å²) in [5.74, 6) is -0.0232. The van der Waals surface area contributed by atoms with Gasteiger partial charge in [0.2, 0.25) is 5.88 Å². The summed E-state index contributed by atoms with van der Waals surface area (Å²) >= 11 is 4.87. The molecule has 154 valence electrons. The maximum Gasteiger partial charge on any atom is 0.263 e. The molecule has 1 saturated heterocycles. The van der Waals surface area contributed by atoms with Gasteiger partial charge in [-0.3, -0.25) is 25.1 Å². The number of nitrogens with zero attached hydrogens (tertiary/aromatic N) is 1. The number of benzene rings is 2. The van der Waals surface area contributed by atoms with Gasteiger partial charge in [-0.15, -0.1) is 0 Å². The summed E-state index contributed by atoms with van der Waals surface area (Å²) in [5.41, 5.74) is 3.72. The van der Waals surface area contributed by atoms with Crippen LogP contribution in [-0.2, 0) is 15.0 Å². The van der Waals surface area contributed by atoms with Crippen LogP contribution in [0.3, 0.4) is 0 Å². The Labute approximate surface area is 184 Å². The first-order valence-corrected chi connectivity index (χ1v) is 10.2. The maximum atomic E-state index is 12.3. The predicted molar refractivity (Wildman–Crippen MR) is 122 cm³/mol. The lowest BCUT2D eigenvalue weighted by molar-refractivity contribution is -0.123. The Morgan fingerprint density at radius 1 is 0.935 bits per heavy atom. The van der Waals surface area contributed by atoms with Gasteiger partial charge in [-0.2, -0.15) is 0 Å².